The third kappa shape index (κ3) is 5.51. The van der Waals surface area contributed by atoms with Crippen LogP contribution in [-0.4, -0.2) is 66.0 Å². The van der Waals surface area contributed by atoms with E-state index in [1.807, 2.05) is 25.1 Å². The number of amides is 1. The number of hydrogen-bond donors (Lipinski definition) is 1. The first-order valence-corrected chi connectivity index (χ1v) is 12.8. The molecule has 3 aromatic rings. The normalized spacial score (nSPS) is 19.7. The Bertz CT molecular complexity index is 1340. The maximum atomic E-state index is 13.2. The fourth-order valence-corrected chi connectivity index (χ4v) is 4.91. The van der Waals surface area contributed by atoms with Gasteiger partial charge in [0.1, 0.15) is 35.7 Å². The third-order valence-corrected chi connectivity index (χ3v) is 6.95. The maximum Gasteiger partial charge on any atom is 0.295 e. The molecule has 0 spiro atoms. The highest BCUT2D eigenvalue weighted by molar-refractivity contribution is 6.46. The lowest BCUT2D eigenvalue weighted by atomic mass is 9.99. The molecule has 2 saturated heterocycles. The Kier molecular flexibility index (Phi) is 7.62. The molecule has 2 fully saturated rings. The second-order valence-corrected chi connectivity index (χ2v) is 9.70. The van der Waals surface area contributed by atoms with Gasteiger partial charge in [-0.2, -0.15) is 0 Å². The fraction of sp³-hybridized carbons (Fsp3) is 0.333. The smallest absolute Gasteiger partial charge is 0.295 e. The minimum Gasteiger partial charge on any atom is -0.507 e. The van der Waals surface area contributed by atoms with Gasteiger partial charge in [0.05, 0.1) is 18.8 Å². The Morgan fingerprint density at radius 3 is 2.45 bits per heavy atom. The van der Waals surface area contributed by atoms with Gasteiger partial charge in [0.2, 0.25) is 0 Å². The molecule has 1 atom stereocenters. The van der Waals surface area contributed by atoms with Gasteiger partial charge in [-0.15, -0.1) is 0 Å². The highest BCUT2D eigenvalue weighted by Crippen LogP contribution is 2.40. The van der Waals surface area contributed by atoms with E-state index in [2.05, 4.69) is 11.0 Å². The molecule has 1 amide bonds. The van der Waals surface area contributed by atoms with Gasteiger partial charge in [-0.3, -0.25) is 14.5 Å². The van der Waals surface area contributed by atoms with Crippen molar-refractivity contribution in [2.45, 2.75) is 26.5 Å². The second kappa shape index (κ2) is 11.2. The van der Waals surface area contributed by atoms with Crippen LogP contribution in [0.4, 0.5) is 0 Å². The van der Waals surface area contributed by atoms with Crippen LogP contribution in [0.15, 0.2) is 70.7 Å². The molecule has 3 heterocycles. The van der Waals surface area contributed by atoms with Crippen LogP contribution >= 0.6 is 0 Å². The van der Waals surface area contributed by atoms with Gasteiger partial charge in [0.15, 0.2) is 0 Å². The molecule has 8 nitrogen and oxygen atoms in total. The molecule has 2 aromatic carbocycles. The zero-order valence-electron chi connectivity index (χ0n) is 21.7. The Morgan fingerprint density at radius 1 is 1.00 bits per heavy atom. The van der Waals surface area contributed by atoms with Crippen molar-refractivity contribution in [3.05, 3.63) is 94.4 Å². The summed E-state index contributed by atoms with van der Waals surface area (Å²) < 4.78 is 17.2. The molecule has 0 bridgehead atoms. The van der Waals surface area contributed by atoms with Crippen molar-refractivity contribution in [2.75, 3.05) is 39.4 Å². The first-order chi connectivity index (χ1) is 18.4. The Balaban J connectivity index is 1.39. The molecule has 1 N–H and O–H groups in total. The summed E-state index contributed by atoms with van der Waals surface area (Å²) >= 11 is 0. The number of Topliss-reactive ketones (excluding diaryl/α,β-unsaturated/α-hetero) is 1. The molecule has 2 aliphatic rings. The number of ketones is 1. The summed E-state index contributed by atoms with van der Waals surface area (Å²) in [5.74, 6) is 0.145. The van der Waals surface area contributed by atoms with E-state index in [9.17, 15) is 14.7 Å². The molecule has 8 heteroatoms. The minimum atomic E-state index is -0.804. The van der Waals surface area contributed by atoms with E-state index in [0.29, 0.717) is 55.7 Å². The average molecular weight is 517 g/mol. The number of benzene rings is 2. The van der Waals surface area contributed by atoms with E-state index in [0.717, 1.165) is 24.2 Å². The number of carbonyl (C=O) groups is 2. The van der Waals surface area contributed by atoms with E-state index >= 15 is 0 Å². The lowest BCUT2D eigenvalue weighted by Crippen LogP contribution is -2.42. The quantitative estimate of drug-likeness (QED) is 0.272. The number of aryl methyl sites for hydroxylation is 2. The van der Waals surface area contributed by atoms with Crippen molar-refractivity contribution in [3.63, 3.8) is 0 Å². The molecule has 0 unspecified atom stereocenters. The summed E-state index contributed by atoms with van der Waals surface area (Å²) in [4.78, 5) is 30.1. The SMILES string of the molecule is Cc1cccc(COc2ccc(/C(O)=C3\C(=O)C(=O)N(CCN4CCOCC4)[C@@H]3c3ccc(C)o3)cc2)c1. The van der Waals surface area contributed by atoms with Gasteiger partial charge < -0.3 is 23.9 Å². The lowest BCUT2D eigenvalue weighted by Gasteiger charge is -2.30. The average Bonchev–Trinajstić information content (AvgIpc) is 3.47. The van der Waals surface area contributed by atoms with Crippen LogP contribution < -0.4 is 4.74 Å². The van der Waals surface area contributed by atoms with Gasteiger partial charge in [-0.25, -0.2) is 0 Å². The van der Waals surface area contributed by atoms with E-state index in [-0.39, 0.29) is 11.3 Å². The van der Waals surface area contributed by atoms with Crippen LogP contribution in [0.3, 0.4) is 0 Å². The molecule has 198 valence electrons. The number of nitrogens with zero attached hydrogens (tertiary/aromatic N) is 2. The van der Waals surface area contributed by atoms with Gasteiger partial charge in [-0.1, -0.05) is 29.8 Å². The number of carbonyl (C=O) groups excluding carboxylic acids is 2. The summed E-state index contributed by atoms with van der Waals surface area (Å²) in [7, 11) is 0. The van der Waals surface area contributed by atoms with Crippen molar-refractivity contribution in [3.8, 4) is 5.75 Å². The van der Waals surface area contributed by atoms with E-state index in [1.165, 1.54) is 4.90 Å². The number of aliphatic hydroxyl groups excluding tert-OH is 1. The zero-order valence-corrected chi connectivity index (χ0v) is 21.7. The first kappa shape index (κ1) is 25.8. The first-order valence-electron chi connectivity index (χ1n) is 12.8. The van der Waals surface area contributed by atoms with Crippen LogP contribution in [0.2, 0.25) is 0 Å². The molecule has 2 aliphatic heterocycles. The van der Waals surface area contributed by atoms with Crippen molar-refractivity contribution in [2.24, 2.45) is 0 Å². The summed E-state index contributed by atoms with van der Waals surface area (Å²) in [6.45, 7) is 8.01. The fourth-order valence-electron chi connectivity index (χ4n) is 4.91. The predicted molar refractivity (Wildman–Crippen MR) is 142 cm³/mol. The van der Waals surface area contributed by atoms with Crippen molar-refractivity contribution in [1.82, 2.24) is 9.80 Å². The van der Waals surface area contributed by atoms with E-state index in [4.69, 9.17) is 13.9 Å². The topological polar surface area (TPSA) is 92.5 Å². The number of rotatable bonds is 8. The van der Waals surface area contributed by atoms with Crippen molar-refractivity contribution in [1.29, 1.82) is 0 Å². The van der Waals surface area contributed by atoms with Crippen molar-refractivity contribution < 1.29 is 28.6 Å². The molecule has 38 heavy (non-hydrogen) atoms. The third-order valence-electron chi connectivity index (χ3n) is 6.95. The Hall–Kier alpha value is -3.88. The number of morpholine rings is 1. The summed E-state index contributed by atoms with van der Waals surface area (Å²) in [5, 5.41) is 11.3. The van der Waals surface area contributed by atoms with Gasteiger partial charge in [-0.05, 0) is 55.8 Å². The second-order valence-electron chi connectivity index (χ2n) is 9.70. The van der Waals surface area contributed by atoms with Crippen LogP contribution in [0.25, 0.3) is 5.76 Å². The van der Waals surface area contributed by atoms with Crippen LogP contribution in [0.1, 0.15) is 34.3 Å². The predicted octanol–water partition coefficient (Wildman–Crippen LogP) is 4.23. The minimum absolute atomic E-state index is 0.0276. The summed E-state index contributed by atoms with van der Waals surface area (Å²) in [6, 6.07) is 17.7. The molecule has 0 radical (unpaired) electrons. The Morgan fingerprint density at radius 2 is 1.76 bits per heavy atom. The monoisotopic (exact) mass is 516 g/mol. The van der Waals surface area contributed by atoms with Gasteiger partial charge >= 0.3 is 0 Å². The summed E-state index contributed by atoms with van der Waals surface area (Å²) in [6.07, 6.45) is 0. The van der Waals surface area contributed by atoms with Gasteiger partial charge in [0.25, 0.3) is 11.7 Å². The number of hydrogen-bond acceptors (Lipinski definition) is 7. The molecule has 0 saturated carbocycles. The Labute approximate surface area is 222 Å². The van der Waals surface area contributed by atoms with Crippen LogP contribution in [-0.2, 0) is 20.9 Å². The number of furan rings is 1. The lowest BCUT2D eigenvalue weighted by molar-refractivity contribution is -0.140. The van der Waals surface area contributed by atoms with Gasteiger partial charge in [0, 0.05) is 31.7 Å². The maximum absolute atomic E-state index is 13.2. The summed E-state index contributed by atoms with van der Waals surface area (Å²) in [5.41, 5.74) is 2.67. The van der Waals surface area contributed by atoms with E-state index < -0.39 is 17.7 Å². The standard InChI is InChI=1S/C30H32N2O6/c1-20-4-3-5-22(18-20)19-37-24-9-7-23(8-10-24)28(33)26-27(25-11-6-21(2)38-25)32(30(35)29(26)34)13-12-31-14-16-36-17-15-31/h3-11,18,27,33H,12-17,19H2,1-2H3/b28-26+/t27-/m1/s1. The molecular formula is C30H32N2O6. The van der Waals surface area contributed by atoms with Crippen LogP contribution in [0, 0.1) is 13.8 Å². The number of ether oxygens (including phenoxy) is 2. The highest BCUT2D eigenvalue weighted by atomic mass is 16.5. The molecule has 0 aliphatic carbocycles. The molecule has 1 aromatic heterocycles. The molecular weight excluding hydrogens is 484 g/mol. The van der Waals surface area contributed by atoms with E-state index in [1.54, 1.807) is 43.3 Å². The number of likely N-dealkylation sites (tertiary alicyclic amines) is 1. The number of aliphatic hydroxyl groups is 1. The van der Waals surface area contributed by atoms with Crippen LogP contribution in [0.5, 0.6) is 5.75 Å². The largest absolute Gasteiger partial charge is 0.507 e. The molecule has 5 rings (SSSR count). The highest BCUT2D eigenvalue weighted by Gasteiger charge is 2.47. The van der Waals surface area contributed by atoms with Crippen molar-refractivity contribution >= 4 is 17.4 Å². The zero-order chi connectivity index (χ0) is 26.6.